The van der Waals surface area contributed by atoms with Crippen LogP contribution in [0.15, 0.2) is 42.5 Å². The number of nitrogens with zero attached hydrogens (tertiary/aromatic N) is 3. The van der Waals surface area contributed by atoms with Gasteiger partial charge in [-0.05, 0) is 49.2 Å². The molecule has 0 aliphatic carbocycles. The molecule has 6 rings (SSSR count). The highest BCUT2D eigenvalue weighted by molar-refractivity contribution is 6.12. The predicted octanol–water partition coefficient (Wildman–Crippen LogP) is 1.96. The largest absolute Gasteiger partial charge is 0.388 e. The fraction of sp³-hybridized carbons (Fsp3) is 0.500. The number of halogens is 1. The monoisotopic (exact) mass is 462 g/mol. The molecule has 5 heterocycles. The van der Waals surface area contributed by atoms with E-state index >= 15 is 0 Å². The minimum absolute atomic E-state index is 0.197. The van der Waals surface area contributed by atoms with Crippen LogP contribution in [-0.2, 0) is 6.42 Å². The van der Waals surface area contributed by atoms with Crippen LogP contribution in [0.1, 0.15) is 29.7 Å². The molecule has 4 aliphatic rings. The average Bonchev–Trinajstić information content (AvgIpc) is 2.82. The van der Waals surface area contributed by atoms with Crippen molar-refractivity contribution in [2.45, 2.75) is 42.7 Å². The second-order valence-electron chi connectivity index (χ2n) is 9.57. The van der Waals surface area contributed by atoms with Gasteiger partial charge in [-0.15, -0.1) is 0 Å². The molecular formula is C26H29FN3O2Si. The molecule has 4 atom stereocenters. The summed E-state index contributed by atoms with van der Waals surface area (Å²) in [6, 6.07) is 13.9. The molecule has 4 fully saturated rings. The van der Waals surface area contributed by atoms with Crippen LogP contribution in [0.5, 0.6) is 0 Å². The third-order valence-electron chi connectivity index (χ3n) is 7.22. The molecule has 4 saturated heterocycles. The van der Waals surface area contributed by atoms with Crippen LogP contribution < -0.4 is 4.90 Å². The summed E-state index contributed by atoms with van der Waals surface area (Å²) in [4.78, 5) is 9.09. The summed E-state index contributed by atoms with van der Waals surface area (Å²) in [5, 5.41) is 21.4. The van der Waals surface area contributed by atoms with Crippen LogP contribution in [0.4, 0.5) is 10.2 Å². The van der Waals surface area contributed by atoms with Crippen LogP contribution in [0.3, 0.4) is 0 Å². The van der Waals surface area contributed by atoms with Crippen LogP contribution in [0.2, 0.25) is 5.54 Å². The number of aliphatic hydroxyl groups is 2. The van der Waals surface area contributed by atoms with Gasteiger partial charge in [0.2, 0.25) is 0 Å². The first kappa shape index (κ1) is 22.5. The molecule has 0 saturated carbocycles. The first-order valence-electron chi connectivity index (χ1n) is 11.7. The van der Waals surface area contributed by atoms with E-state index in [1.165, 1.54) is 0 Å². The molecule has 2 aromatic rings. The molecule has 3 radical (unpaired) electrons. The zero-order valence-electron chi connectivity index (χ0n) is 18.6. The summed E-state index contributed by atoms with van der Waals surface area (Å²) in [6.45, 7) is 3.31. The fourth-order valence-corrected chi connectivity index (χ4v) is 5.70. The van der Waals surface area contributed by atoms with E-state index in [0.717, 1.165) is 42.8 Å². The second kappa shape index (κ2) is 9.19. The van der Waals surface area contributed by atoms with Gasteiger partial charge in [0.25, 0.3) is 0 Å². The molecule has 5 nitrogen and oxygen atoms in total. The SMILES string of the molecule is OC1CN(c2ccc(C#C[C@@]3(O)CN4CCC3CC4)c(Cc3ccccc3)n2)CC([Si])C1F. The Morgan fingerprint density at radius 2 is 1.88 bits per heavy atom. The molecule has 1 aromatic carbocycles. The highest BCUT2D eigenvalue weighted by atomic mass is 28.1. The Kier molecular flexibility index (Phi) is 6.28. The van der Waals surface area contributed by atoms with E-state index in [2.05, 4.69) is 39.1 Å². The Morgan fingerprint density at radius 1 is 1.12 bits per heavy atom. The summed E-state index contributed by atoms with van der Waals surface area (Å²) in [7, 11) is 3.41. The number of aliphatic hydroxyl groups excluding tert-OH is 1. The number of β-amino-alcohol motifs (C(OH)–C–C–N with tert-alkyl or cyclic N) is 1. The molecule has 0 spiro atoms. The van der Waals surface area contributed by atoms with E-state index in [9.17, 15) is 14.6 Å². The van der Waals surface area contributed by atoms with Crippen LogP contribution in [0.25, 0.3) is 0 Å². The van der Waals surface area contributed by atoms with E-state index < -0.39 is 23.4 Å². The van der Waals surface area contributed by atoms with Crippen LogP contribution >= 0.6 is 0 Å². The lowest BCUT2D eigenvalue weighted by molar-refractivity contribution is -0.0713. The lowest BCUT2D eigenvalue weighted by Gasteiger charge is -2.47. The fourth-order valence-electron chi connectivity index (χ4n) is 5.25. The zero-order chi connectivity index (χ0) is 23.0. The maximum absolute atomic E-state index is 14.1. The van der Waals surface area contributed by atoms with E-state index in [1.54, 1.807) is 0 Å². The minimum atomic E-state index is -1.30. The van der Waals surface area contributed by atoms with Gasteiger partial charge in [-0.1, -0.05) is 42.2 Å². The Morgan fingerprint density at radius 3 is 2.55 bits per heavy atom. The Labute approximate surface area is 198 Å². The molecule has 0 amide bonds. The van der Waals surface area contributed by atoms with Crippen molar-refractivity contribution < 1.29 is 14.6 Å². The third kappa shape index (κ3) is 4.71. The summed E-state index contributed by atoms with van der Waals surface area (Å²) < 4.78 is 14.1. The van der Waals surface area contributed by atoms with Gasteiger partial charge in [0.15, 0.2) is 0 Å². The molecule has 4 aliphatic heterocycles. The number of piperidine rings is 4. The molecule has 2 bridgehead atoms. The molecule has 3 unspecified atom stereocenters. The number of hydrogen-bond donors (Lipinski definition) is 2. The number of rotatable bonds is 3. The van der Waals surface area contributed by atoms with Crippen molar-refractivity contribution in [3.05, 3.63) is 59.3 Å². The van der Waals surface area contributed by atoms with Gasteiger partial charge in [0.05, 0.1) is 5.69 Å². The van der Waals surface area contributed by atoms with Crippen molar-refractivity contribution in [1.29, 1.82) is 0 Å². The van der Waals surface area contributed by atoms with E-state index in [-0.39, 0.29) is 12.5 Å². The summed E-state index contributed by atoms with van der Waals surface area (Å²) >= 11 is 0. The summed E-state index contributed by atoms with van der Waals surface area (Å²) in [5.41, 5.74) is 1.29. The lowest BCUT2D eigenvalue weighted by atomic mass is 9.75. The topological polar surface area (TPSA) is 59.8 Å². The van der Waals surface area contributed by atoms with Gasteiger partial charge in [-0.25, -0.2) is 9.37 Å². The molecule has 1 aromatic heterocycles. The molecule has 33 heavy (non-hydrogen) atoms. The normalized spacial score (nSPS) is 33.5. The van der Waals surface area contributed by atoms with Crippen LogP contribution in [-0.4, -0.2) is 80.9 Å². The van der Waals surface area contributed by atoms with Crippen LogP contribution in [0, 0.1) is 17.8 Å². The third-order valence-corrected chi connectivity index (χ3v) is 7.72. The first-order valence-corrected chi connectivity index (χ1v) is 12.3. The molecule has 2 N–H and O–H groups in total. The smallest absolute Gasteiger partial charge is 0.141 e. The highest BCUT2D eigenvalue weighted by Gasteiger charge is 2.44. The van der Waals surface area contributed by atoms with Gasteiger partial charge in [-0.3, -0.25) is 4.90 Å². The maximum Gasteiger partial charge on any atom is 0.141 e. The molecule has 7 heteroatoms. The minimum Gasteiger partial charge on any atom is -0.388 e. The number of fused-ring (bicyclic) bond motifs is 3. The maximum atomic E-state index is 14.1. The van der Waals surface area contributed by atoms with E-state index in [1.807, 2.05) is 35.2 Å². The number of benzene rings is 1. The Bertz CT molecular complexity index is 1040. The van der Waals surface area contributed by atoms with Gasteiger partial charge >= 0.3 is 0 Å². The van der Waals surface area contributed by atoms with Crippen molar-refractivity contribution in [2.75, 3.05) is 37.6 Å². The molecular weight excluding hydrogens is 433 g/mol. The predicted molar refractivity (Wildman–Crippen MR) is 127 cm³/mol. The number of anilines is 1. The number of aromatic nitrogens is 1. The Balaban J connectivity index is 1.46. The molecule has 171 valence electrons. The van der Waals surface area contributed by atoms with Crippen molar-refractivity contribution in [3.63, 3.8) is 0 Å². The van der Waals surface area contributed by atoms with Gasteiger partial charge < -0.3 is 15.1 Å². The summed E-state index contributed by atoms with van der Waals surface area (Å²) in [5.74, 6) is 7.38. The van der Waals surface area contributed by atoms with Gasteiger partial charge in [0, 0.05) is 47.8 Å². The van der Waals surface area contributed by atoms with Gasteiger partial charge in [0.1, 0.15) is 23.7 Å². The second-order valence-corrected chi connectivity index (χ2v) is 10.3. The quantitative estimate of drug-likeness (QED) is 0.540. The number of pyridine rings is 1. The van der Waals surface area contributed by atoms with Crippen molar-refractivity contribution in [3.8, 4) is 11.8 Å². The summed E-state index contributed by atoms with van der Waals surface area (Å²) in [6.07, 6.45) is 0.214. The number of alkyl halides is 1. The van der Waals surface area contributed by atoms with Crippen molar-refractivity contribution >= 4 is 16.1 Å². The van der Waals surface area contributed by atoms with E-state index in [4.69, 9.17) is 4.98 Å². The lowest BCUT2D eigenvalue weighted by Crippen LogP contribution is -2.58. The van der Waals surface area contributed by atoms with Crippen molar-refractivity contribution in [1.82, 2.24) is 9.88 Å². The van der Waals surface area contributed by atoms with Gasteiger partial charge in [-0.2, -0.15) is 0 Å². The number of hydrogen-bond acceptors (Lipinski definition) is 5. The highest BCUT2D eigenvalue weighted by Crippen LogP contribution is 2.35. The zero-order valence-corrected chi connectivity index (χ0v) is 19.6. The standard InChI is InChI=1S/C26H29FN3O2Si/c27-25-22(31)15-30(16-23(25)33)24-7-6-19(21(28-24)14-18-4-2-1-3-5-18)8-11-26(32)17-29-12-9-20(26)10-13-29/h1-7,20,22-23,25,31-32H,9-10,12-17H2/t22?,23?,25?,26-/m1/s1. The Hall–Kier alpha value is -2.24. The van der Waals surface area contributed by atoms with E-state index in [0.29, 0.717) is 25.3 Å². The first-order chi connectivity index (χ1) is 15.9. The van der Waals surface area contributed by atoms with Crippen molar-refractivity contribution in [2.24, 2.45) is 5.92 Å². The average molecular weight is 463 g/mol.